The van der Waals surface area contributed by atoms with Crippen LogP contribution in [-0.2, 0) is 0 Å². The SMILES string of the molecule is C[C@@H]1[C@H]2CC[C@@](C)([C@@H]1O)C2(C)C. The Morgan fingerprint density at radius 3 is 2.08 bits per heavy atom. The molecule has 1 nitrogen and oxygen atoms in total. The van der Waals surface area contributed by atoms with Crippen LogP contribution in [-0.4, -0.2) is 11.2 Å². The van der Waals surface area contributed by atoms with E-state index in [2.05, 4.69) is 27.7 Å². The zero-order chi connectivity index (χ0) is 9.15. The van der Waals surface area contributed by atoms with E-state index < -0.39 is 0 Å². The first-order chi connectivity index (χ1) is 5.41. The topological polar surface area (TPSA) is 20.2 Å². The highest BCUT2D eigenvalue weighted by Gasteiger charge is 2.64. The number of hydrogen-bond donors (Lipinski definition) is 1. The van der Waals surface area contributed by atoms with Crippen molar-refractivity contribution in [3.8, 4) is 0 Å². The molecule has 0 amide bonds. The van der Waals surface area contributed by atoms with Gasteiger partial charge in [0, 0.05) is 0 Å². The van der Waals surface area contributed by atoms with Crippen LogP contribution in [0.1, 0.15) is 40.5 Å². The molecule has 70 valence electrons. The molecule has 12 heavy (non-hydrogen) atoms. The molecular weight excluding hydrogens is 148 g/mol. The quantitative estimate of drug-likeness (QED) is 0.589. The highest BCUT2D eigenvalue weighted by molar-refractivity contribution is 5.13. The number of aliphatic hydroxyl groups is 1. The van der Waals surface area contributed by atoms with Crippen LogP contribution in [0.5, 0.6) is 0 Å². The summed E-state index contributed by atoms with van der Waals surface area (Å²) in [6.07, 6.45) is 2.48. The lowest BCUT2D eigenvalue weighted by Gasteiger charge is -2.37. The molecule has 2 aliphatic carbocycles. The van der Waals surface area contributed by atoms with Gasteiger partial charge in [-0.3, -0.25) is 0 Å². The van der Waals surface area contributed by atoms with Gasteiger partial charge in [0.05, 0.1) is 6.10 Å². The van der Waals surface area contributed by atoms with Gasteiger partial charge in [-0.1, -0.05) is 27.7 Å². The van der Waals surface area contributed by atoms with Crippen LogP contribution in [0, 0.1) is 22.7 Å². The van der Waals surface area contributed by atoms with E-state index in [4.69, 9.17) is 0 Å². The molecule has 2 fully saturated rings. The largest absolute Gasteiger partial charge is 0.392 e. The van der Waals surface area contributed by atoms with Gasteiger partial charge in [-0.2, -0.15) is 0 Å². The summed E-state index contributed by atoms with van der Waals surface area (Å²) in [6, 6.07) is 0. The van der Waals surface area contributed by atoms with Gasteiger partial charge in [-0.05, 0) is 35.5 Å². The molecule has 0 spiro atoms. The normalized spacial score (nSPS) is 56.2. The van der Waals surface area contributed by atoms with E-state index in [1.54, 1.807) is 0 Å². The van der Waals surface area contributed by atoms with Crippen molar-refractivity contribution in [2.24, 2.45) is 22.7 Å². The van der Waals surface area contributed by atoms with E-state index in [9.17, 15) is 5.11 Å². The minimum atomic E-state index is -0.0637. The van der Waals surface area contributed by atoms with Crippen molar-refractivity contribution in [3.63, 3.8) is 0 Å². The standard InChI is InChI=1S/C11H20O/c1-7-8-5-6-11(4,9(7)12)10(8,2)3/h7-9,12H,5-6H2,1-4H3/t7-,8-,9-,11+/m1/s1. The van der Waals surface area contributed by atoms with E-state index in [1.165, 1.54) is 12.8 Å². The van der Waals surface area contributed by atoms with Crippen molar-refractivity contribution < 1.29 is 5.11 Å². The van der Waals surface area contributed by atoms with Crippen LogP contribution in [0.25, 0.3) is 0 Å². The number of fused-ring (bicyclic) bond motifs is 2. The molecule has 2 aliphatic rings. The molecule has 1 N–H and O–H groups in total. The second-order valence-corrected chi connectivity index (χ2v) is 5.59. The monoisotopic (exact) mass is 168 g/mol. The third-order valence-electron chi connectivity index (χ3n) is 5.16. The average Bonchev–Trinajstić information content (AvgIpc) is 2.26. The fourth-order valence-electron chi connectivity index (χ4n) is 3.81. The zero-order valence-electron chi connectivity index (χ0n) is 8.59. The molecule has 4 atom stereocenters. The Hall–Kier alpha value is -0.0400. The third kappa shape index (κ3) is 0.654. The lowest BCUT2D eigenvalue weighted by atomic mass is 9.70. The maximum atomic E-state index is 10.1. The molecule has 0 aromatic rings. The van der Waals surface area contributed by atoms with Gasteiger partial charge in [0.2, 0.25) is 0 Å². The van der Waals surface area contributed by atoms with Crippen LogP contribution in [0.15, 0.2) is 0 Å². The van der Waals surface area contributed by atoms with Gasteiger partial charge in [0.15, 0.2) is 0 Å². The first kappa shape index (κ1) is 8.55. The molecular formula is C11H20O. The summed E-state index contributed by atoms with van der Waals surface area (Å²) >= 11 is 0. The third-order valence-corrected chi connectivity index (χ3v) is 5.16. The Kier molecular flexibility index (Phi) is 1.47. The van der Waals surface area contributed by atoms with Crippen molar-refractivity contribution in [1.82, 2.24) is 0 Å². The first-order valence-electron chi connectivity index (χ1n) is 5.09. The van der Waals surface area contributed by atoms with Gasteiger partial charge in [0.25, 0.3) is 0 Å². The second-order valence-electron chi connectivity index (χ2n) is 5.59. The Morgan fingerprint density at radius 1 is 1.25 bits per heavy atom. The first-order valence-corrected chi connectivity index (χ1v) is 5.09. The molecule has 0 saturated heterocycles. The predicted octanol–water partition coefficient (Wildman–Crippen LogP) is 2.44. The van der Waals surface area contributed by atoms with Crippen LogP contribution in [0.3, 0.4) is 0 Å². The molecule has 0 aromatic heterocycles. The van der Waals surface area contributed by atoms with E-state index >= 15 is 0 Å². The van der Waals surface area contributed by atoms with Crippen molar-refractivity contribution in [2.75, 3.05) is 0 Å². The molecule has 2 saturated carbocycles. The Balaban J connectivity index is 2.44. The van der Waals surface area contributed by atoms with E-state index in [0.29, 0.717) is 11.3 Å². The molecule has 0 heterocycles. The van der Waals surface area contributed by atoms with Crippen molar-refractivity contribution in [3.05, 3.63) is 0 Å². The molecule has 2 rings (SSSR count). The Labute approximate surface area is 75.2 Å². The zero-order valence-corrected chi connectivity index (χ0v) is 8.59. The summed E-state index contributed by atoms with van der Waals surface area (Å²) in [5.41, 5.74) is 0.545. The maximum Gasteiger partial charge on any atom is 0.0627 e. The number of rotatable bonds is 0. The van der Waals surface area contributed by atoms with Crippen LogP contribution >= 0.6 is 0 Å². The lowest BCUT2D eigenvalue weighted by molar-refractivity contribution is -0.00626. The van der Waals surface area contributed by atoms with Crippen molar-refractivity contribution in [2.45, 2.75) is 46.6 Å². The fraction of sp³-hybridized carbons (Fsp3) is 1.00. The minimum Gasteiger partial charge on any atom is -0.392 e. The maximum absolute atomic E-state index is 10.1. The summed E-state index contributed by atoms with van der Waals surface area (Å²) in [7, 11) is 0. The summed E-state index contributed by atoms with van der Waals surface area (Å²) in [5.74, 6) is 1.26. The van der Waals surface area contributed by atoms with Gasteiger partial charge in [0.1, 0.15) is 0 Å². The number of aliphatic hydroxyl groups excluding tert-OH is 1. The van der Waals surface area contributed by atoms with Gasteiger partial charge in [-0.15, -0.1) is 0 Å². The highest BCUT2D eigenvalue weighted by Crippen LogP contribution is 2.67. The van der Waals surface area contributed by atoms with E-state index in [1.807, 2.05) is 0 Å². The molecule has 0 radical (unpaired) electrons. The average molecular weight is 168 g/mol. The molecule has 0 aliphatic heterocycles. The van der Waals surface area contributed by atoms with Crippen LogP contribution < -0.4 is 0 Å². The minimum absolute atomic E-state index is 0.0637. The van der Waals surface area contributed by atoms with Gasteiger partial charge in [-0.25, -0.2) is 0 Å². The summed E-state index contributed by atoms with van der Waals surface area (Å²) in [5, 5.41) is 10.1. The van der Waals surface area contributed by atoms with Crippen molar-refractivity contribution in [1.29, 1.82) is 0 Å². The van der Waals surface area contributed by atoms with Crippen LogP contribution in [0.2, 0.25) is 0 Å². The molecule has 0 aromatic carbocycles. The van der Waals surface area contributed by atoms with E-state index in [0.717, 1.165) is 5.92 Å². The predicted molar refractivity (Wildman–Crippen MR) is 49.8 cm³/mol. The molecule has 0 unspecified atom stereocenters. The summed E-state index contributed by atoms with van der Waals surface area (Å²) in [4.78, 5) is 0. The highest BCUT2D eigenvalue weighted by atomic mass is 16.3. The van der Waals surface area contributed by atoms with Crippen LogP contribution in [0.4, 0.5) is 0 Å². The smallest absolute Gasteiger partial charge is 0.0627 e. The molecule has 1 heteroatoms. The van der Waals surface area contributed by atoms with Crippen molar-refractivity contribution >= 4 is 0 Å². The fourth-order valence-corrected chi connectivity index (χ4v) is 3.81. The van der Waals surface area contributed by atoms with E-state index in [-0.39, 0.29) is 11.5 Å². The number of hydrogen-bond acceptors (Lipinski definition) is 1. The lowest BCUT2D eigenvalue weighted by Crippen LogP contribution is -2.36. The molecule has 2 bridgehead atoms. The van der Waals surface area contributed by atoms with Gasteiger partial charge >= 0.3 is 0 Å². The Bertz CT molecular complexity index is 209. The Morgan fingerprint density at radius 2 is 1.83 bits per heavy atom. The van der Waals surface area contributed by atoms with Gasteiger partial charge < -0.3 is 5.11 Å². The summed E-state index contributed by atoms with van der Waals surface area (Å²) in [6.45, 7) is 9.14. The second kappa shape index (κ2) is 2.06. The summed E-state index contributed by atoms with van der Waals surface area (Å²) < 4.78 is 0.